The van der Waals surface area contributed by atoms with Gasteiger partial charge in [-0.05, 0) is 40.1 Å². The third-order valence-electron chi connectivity index (χ3n) is 4.31. The Morgan fingerprint density at radius 3 is 2.41 bits per heavy atom. The Bertz CT molecular complexity index is 985. The highest BCUT2D eigenvalue weighted by molar-refractivity contribution is 5.92. The summed E-state index contributed by atoms with van der Waals surface area (Å²) in [6.07, 6.45) is 3.35. The standard InChI is InChI=1S/C23H22N2O2/c1-17(26)24-21-13-10-18(11-14-21)12-15-23(27)25(2)16-20-8-5-7-19-6-3-4-9-22(19)20/h3-15H,16H2,1-2H3,(H,24,26)/b15-12+. The number of nitrogens with one attached hydrogen (secondary N) is 1. The van der Waals surface area contributed by atoms with Crippen LogP contribution in [0.3, 0.4) is 0 Å². The molecule has 0 atom stereocenters. The maximum Gasteiger partial charge on any atom is 0.246 e. The zero-order chi connectivity index (χ0) is 19.2. The second-order valence-electron chi connectivity index (χ2n) is 6.47. The van der Waals surface area contributed by atoms with E-state index in [1.807, 2.05) is 42.5 Å². The van der Waals surface area contributed by atoms with Gasteiger partial charge in [0.1, 0.15) is 0 Å². The van der Waals surface area contributed by atoms with Crippen LogP contribution in [-0.2, 0) is 16.1 Å². The summed E-state index contributed by atoms with van der Waals surface area (Å²) in [6.45, 7) is 2.02. The van der Waals surface area contributed by atoms with Crippen molar-refractivity contribution in [3.8, 4) is 0 Å². The Morgan fingerprint density at radius 1 is 0.963 bits per heavy atom. The lowest BCUT2D eigenvalue weighted by molar-refractivity contribution is -0.125. The minimum absolute atomic E-state index is 0.0612. The molecule has 27 heavy (non-hydrogen) atoms. The van der Waals surface area contributed by atoms with Gasteiger partial charge in [0, 0.05) is 32.3 Å². The van der Waals surface area contributed by atoms with Crippen LogP contribution in [0, 0.1) is 0 Å². The van der Waals surface area contributed by atoms with Gasteiger partial charge in [0.05, 0.1) is 0 Å². The lowest BCUT2D eigenvalue weighted by atomic mass is 10.0. The molecule has 0 saturated heterocycles. The number of rotatable bonds is 5. The monoisotopic (exact) mass is 358 g/mol. The average Bonchev–Trinajstić information content (AvgIpc) is 2.67. The number of hydrogen-bond acceptors (Lipinski definition) is 2. The molecule has 0 aliphatic heterocycles. The van der Waals surface area contributed by atoms with E-state index in [-0.39, 0.29) is 11.8 Å². The highest BCUT2D eigenvalue weighted by Crippen LogP contribution is 2.20. The molecule has 4 heteroatoms. The normalized spacial score (nSPS) is 10.9. The number of fused-ring (bicyclic) bond motifs is 1. The third kappa shape index (κ3) is 4.82. The van der Waals surface area contributed by atoms with Crippen LogP contribution in [0.4, 0.5) is 5.69 Å². The van der Waals surface area contributed by atoms with Gasteiger partial charge in [0.15, 0.2) is 0 Å². The van der Waals surface area contributed by atoms with E-state index in [2.05, 4.69) is 29.6 Å². The molecule has 3 rings (SSSR count). The fourth-order valence-electron chi connectivity index (χ4n) is 2.94. The van der Waals surface area contributed by atoms with E-state index in [1.54, 1.807) is 24.1 Å². The van der Waals surface area contributed by atoms with Gasteiger partial charge in [-0.25, -0.2) is 0 Å². The van der Waals surface area contributed by atoms with Crippen molar-refractivity contribution in [1.29, 1.82) is 0 Å². The van der Waals surface area contributed by atoms with Crippen molar-refractivity contribution in [2.24, 2.45) is 0 Å². The maximum atomic E-state index is 12.5. The Morgan fingerprint density at radius 2 is 1.67 bits per heavy atom. The van der Waals surface area contributed by atoms with E-state index in [0.29, 0.717) is 6.54 Å². The second kappa shape index (κ2) is 8.32. The smallest absolute Gasteiger partial charge is 0.246 e. The summed E-state index contributed by atoms with van der Waals surface area (Å²) in [5.74, 6) is -0.169. The molecule has 0 fully saturated rings. The number of amides is 2. The fourth-order valence-corrected chi connectivity index (χ4v) is 2.94. The predicted molar refractivity (Wildman–Crippen MR) is 110 cm³/mol. The first-order valence-corrected chi connectivity index (χ1v) is 8.80. The van der Waals surface area contributed by atoms with Crippen LogP contribution < -0.4 is 5.32 Å². The van der Waals surface area contributed by atoms with Crippen molar-refractivity contribution in [3.63, 3.8) is 0 Å². The number of benzene rings is 3. The predicted octanol–water partition coefficient (Wildman–Crippen LogP) is 4.47. The van der Waals surface area contributed by atoms with Crippen LogP contribution in [-0.4, -0.2) is 23.8 Å². The topological polar surface area (TPSA) is 49.4 Å². The summed E-state index contributed by atoms with van der Waals surface area (Å²) < 4.78 is 0. The van der Waals surface area contributed by atoms with Crippen LogP contribution >= 0.6 is 0 Å². The van der Waals surface area contributed by atoms with Crippen LogP contribution in [0.5, 0.6) is 0 Å². The average molecular weight is 358 g/mol. The number of carbonyl (C=O) groups excluding carboxylic acids is 2. The van der Waals surface area contributed by atoms with E-state index in [4.69, 9.17) is 0 Å². The molecule has 3 aromatic rings. The van der Waals surface area contributed by atoms with E-state index < -0.39 is 0 Å². The molecule has 1 N–H and O–H groups in total. The molecule has 0 aliphatic carbocycles. The molecule has 0 bridgehead atoms. The van der Waals surface area contributed by atoms with Crippen LogP contribution in [0.25, 0.3) is 16.8 Å². The number of likely N-dealkylation sites (N-methyl/N-ethyl adjacent to an activating group) is 1. The van der Waals surface area contributed by atoms with E-state index in [9.17, 15) is 9.59 Å². The second-order valence-corrected chi connectivity index (χ2v) is 6.47. The summed E-state index contributed by atoms with van der Waals surface area (Å²) in [7, 11) is 1.80. The number of nitrogens with zero attached hydrogens (tertiary/aromatic N) is 1. The van der Waals surface area contributed by atoms with E-state index >= 15 is 0 Å². The van der Waals surface area contributed by atoms with E-state index in [1.165, 1.54) is 12.3 Å². The first-order valence-electron chi connectivity index (χ1n) is 8.80. The highest BCUT2D eigenvalue weighted by Gasteiger charge is 2.08. The van der Waals surface area contributed by atoms with Crippen LogP contribution in [0.15, 0.2) is 72.8 Å². The summed E-state index contributed by atoms with van der Waals surface area (Å²) in [5.41, 5.74) is 2.76. The first kappa shape index (κ1) is 18.4. The van der Waals surface area contributed by atoms with Gasteiger partial charge >= 0.3 is 0 Å². The van der Waals surface area contributed by atoms with Crippen molar-refractivity contribution in [2.75, 3.05) is 12.4 Å². The summed E-state index contributed by atoms with van der Waals surface area (Å²) in [5, 5.41) is 5.05. The molecule has 3 aromatic carbocycles. The molecule has 4 nitrogen and oxygen atoms in total. The molecule has 2 amide bonds. The van der Waals surface area contributed by atoms with Gasteiger partial charge in [0.25, 0.3) is 0 Å². The quantitative estimate of drug-likeness (QED) is 0.684. The number of carbonyl (C=O) groups is 2. The molecular weight excluding hydrogens is 336 g/mol. The zero-order valence-electron chi connectivity index (χ0n) is 15.5. The van der Waals surface area contributed by atoms with Crippen LogP contribution in [0.1, 0.15) is 18.1 Å². The highest BCUT2D eigenvalue weighted by atomic mass is 16.2. The Hall–Kier alpha value is -3.40. The minimum atomic E-state index is -0.108. The molecule has 0 unspecified atom stereocenters. The lowest BCUT2D eigenvalue weighted by Gasteiger charge is -2.16. The molecule has 0 aliphatic rings. The molecular formula is C23H22N2O2. The van der Waals surface area contributed by atoms with Gasteiger partial charge in [-0.2, -0.15) is 0 Å². The van der Waals surface area contributed by atoms with Gasteiger partial charge in [0.2, 0.25) is 11.8 Å². The summed E-state index contributed by atoms with van der Waals surface area (Å²) in [4.78, 5) is 25.2. The Kier molecular flexibility index (Phi) is 5.67. The third-order valence-corrected chi connectivity index (χ3v) is 4.31. The Balaban J connectivity index is 1.66. The van der Waals surface area contributed by atoms with Crippen molar-refractivity contribution in [1.82, 2.24) is 4.90 Å². The molecule has 0 saturated carbocycles. The lowest BCUT2D eigenvalue weighted by Crippen LogP contribution is -2.24. The van der Waals surface area contributed by atoms with Crippen molar-refractivity contribution >= 4 is 34.4 Å². The maximum absolute atomic E-state index is 12.5. The minimum Gasteiger partial charge on any atom is -0.338 e. The summed E-state index contributed by atoms with van der Waals surface area (Å²) in [6, 6.07) is 21.7. The molecule has 0 radical (unpaired) electrons. The molecule has 136 valence electrons. The Labute approximate surface area is 159 Å². The van der Waals surface area contributed by atoms with Gasteiger partial charge in [-0.15, -0.1) is 0 Å². The number of hydrogen-bond donors (Lipinski definition) is 1. The fraction of sp³-hybridized carbons (Fsp3) is 0.130. The zero-order valence-corrected chi connectivity index (χ0v) is 15.5. The SMILES string of the molecule is CC(=O)Nc1ccc(/C=C/C(=O)N(C)Cc2cccc3ccccc23)cc1. The van der Waals surface area contributed by atoms with Crippen molar-refractivity contribution < 1.29 is 9.59 Å². The van der Waals surface area contributed by atoms with Gasteiger partial charge in [-0.3, -0.25) is 9.59 Å². The van der Waals surface area contributed by atoms with Gasteiger partial charge < -0.3 is 10.2 Å². The van der Waals surface area contributed by atoms with Crippen molar-refractivity contribution in [3.05, 3.63) is 83.9 Å². The van der Waals surface area contributed by atoms with Crippen molar-refractivity contribution in [2.45, 2.75) is 13.5 Å². The first-order chi connectivity index (χ1) is 13.0. The largest absolute Gasteiger partial charge is 0.338 e. The molecule has 0 aromatic heterocycles. The molecule has 0 heterocycles. The summed E-state index contributed by atoms with van der Waals surface area (Å²) >= 11 is 0. The van der Waals surface area contributed by atoms with Gasteiger partial charge in [-0.1, -0.05) is 54.6 Å². The van der Waals surface area contributed by atoms with Crippen LogP contribution in [0.2, 0.25) is 0 Å². The van der Waals surface area contributed by atoms with E-state index in [0.717, 1.165) is 22.2 Å². The number of anilines is 1. The molecule has 0 spiro atoms.